The van der Waals surface area contributed by atoms with Crippen molar-refractivity contribution in [1.29, 1.82) is 0 Å². The van der Waals surface area contributed by atoms with Crippen LogP contribution >= 0.6 is 0 Å². The van der Waals surface area contributed by atoms with E-state index in [-0.39, 0.29) is 6.92 Å². The highest BCUT2D eigenvalue weighted by Gasteiger charge is 2.80. The first-order valence-corrected chi connectivity index (χ1v) is 5.89. The molecule has 1 N–H and O–H groups in total. The standard InChI is InChI=1S/C4H4F5NO3S2/c1-2(5)3(6,7)4(8,9)14(11)10-15(2,12)13/h10H,1H3. The maximum atomic E-state index is 13.1. The quantitative estimate of drug-likeness (QED) is 0.654. The maximum absolute atomic E-state index is 13.1. The molecule has 0 spiro atoms. The van der Waals surface area contributed by atoms with Crippen molar-refractivity contribution in [3.8, 4) is 0 Å². The Morgan fingerprint density at radius 2 is 1.53 bits per heavy atom. The highest BCUT2D eigenvalue weighted by atomic mass is 32.3. The Kier molecular flexibility index (Phi) is 2.46. The van der Waals surface area contributed by atoms with Crippen LogP contribution in [0.15, 0.2) is 0 Å². The van der Waals surface area contributed by atoms with E-state index in [4.69, 9.17) is 0 Å². The molecule has 0 bridgehead atoms. The summed E-state index contributed by atoms with van der Waals surface area (Å²) in [6.07, 6.45) is 0. The third-order valence-corrected chi connectivity index (χ3v) is 5.32. The summed E-state index contributed by atoms with van der Waals surface area (Å²) in [6.45, 7) is -0.223. The molecule has 0 saturated carbocycles. The van der Waals surface area contributed by atoms with Crippen molar-refractivity contribution in [2.45, 2.75) is 23.1 Å². The second kappa shape index (κ2) is 2.88. The van der Waals surface area contributed by atoms with Gasteiger partial charge >= 0.3 is 11.2 Å². The van der Waals surface area contributed by atoms with E-state index in [9.17, 15) is 34.6 Å². The van der Waals surface area contributed by atoms with Gasteiger partial charge in [-0.2, -0.15) is 17.6 Å². The Hall–Kier alpha value is -0.290. The van der Waals surface area contributed by atoms with Gasteiger partial charge in [-0.3, -0.25) is 0 Å². The van der Waals surface area contributed by atoms with Crippen LogP contribution in [0.4, 0.5) is 22.0 Å². The number of alkyl halides is 5. The Balaban J connectivity index is 3.50. The van der Waals surface area contributed by atoms with Crippen molar-refractivity contribution in [2.75, 3.05) is 0 Å². The smallest absolute Gasteiger partial charge is 0.235 e. The van der Waals surface area contributed by atoms with Crippen LogP contribution in [-0.2, 0) is 21.0 Å². The summed E-state index contributed by atoms with van der Waals surface area (Å²) in [5.41, 5.74) is 0. The van der Waals surface area contributed by atoms with Crippen LogP contribution < -0.4 is 4.13 Å². The molecule has 0 aromatic rings. The molecule has 1 aliphatic rings. The fourth-order valence-corrected chi connectivity index (χ4v) is 3.57. The van der Waals surface area contributed by atoms with Gasteiger partial charge in [-0.25, -0.2) is 17.0 Å². The van der Waals surface area contributed by atoms with Crippen molar-refractivity contribution < 1.29 is 34.6 Å². The molecule has 1 fully saturated rings. The van der Waals surface area contributed by atoms with Gasteiger partial charge in [-0.05, 0) is 6.92 Å². The van der Waals surface area contributed by atoms with Gasteiger partial charge in [0.2, 0.25) is 0 Å². The van der Waals surface area contributed by atoms with E-state index < -0.39 is 37.2 Å². The van der Waals surface area contributed by atoms with Crippen molar-refractivity contribution in [1.82, 2.24) is 4.13 Å². The van der Waals surface area contributed by atoms with Gasteiger partial charge < -0.3 is 0 Å². The van der Waals surface area contributed by atoms with Crippen molar-refractivity contribution in [3.63, 3.8) is 0 Å². The Labute approximate surface area is 83.5 Å². The molecule has 1 saturated heterocycles. The molecule has 2 unspecified atom stereocenters. The van der Waals surface area contributed by atoms with Crippen LogP contribution in [0, 0.1) is 0 Å². The summed E-state index contributed by atoms with van der Waals surface area (Å²) < 4.78 is 96.4. The summed E-state index contributed by atoms with van der Waals surface area (Å²) in [6, 6.07) is 0. The van der Waals surface area contributed by atoms with Crippen LogP contribution in [0.25, 0.3) is 0 Å². The third kappa shape index (κ3) is 1.32. The predicted octanol–water partition coefficient (Wildman–Crippen LogP) is 0.497. The molecule has 0 aromatic heterocycles. The van der Waals surface area contributed by atoms with E-state index >= 15 is 0 Å². The molecule has 2 atom stereocenters. The van der Waals surface area contributed by atoms with E-state index in [2.05, 4.69) is 0 Å². The molecule has 0 radical (unpaired) electrons. The topological polar surface area (TPSA) is 63.2 Å². The van der Waals surface area contributed by atoms with Gasteiger partial charge in [0.15, 0.2) is 11.0 Å². The number of halogens is 5. The molecule has 11 heteroatoms. The summed E-state index contributed by atoms with van der Waals surface area (Å²) in [5, 5.41) is -9.83. The number of hydrogen-bond acceptors (Lipinski definition) is 3. The normalized spacial score (nSPS) is 42.4. The zero-order chi connectivity index (χ0) is 12.3. The molecule has 0 aromatic carbocycles. The van der Waals surface area contributed by atoms with Crippen molar-refractivity contribution in [2.24, 2.45) is 0 Å². The molecular formula is C4H4F5NO3S2. The van der Waals surface area contributed by atoms with E-state index in [1.807, 2.05) is 0 Å². The Bertz CT molecular complexity index is 416. The van der Waals surface area contributed by atoms with E-state index in [0.29, 0.717) is 4.13 Å². The number of hydrogen-bond donors (Lipinski definition) is 1. The largest absolute Gasteiger partial charge is 0.401 e. The summed E-state index contributed by atoms with van der Waals surface area (Å²) in [4.78, 5) is 0. The van der Waals surface area contributed by atoms with Crippen LogP contribution in [0.2, 0.25) is 0 Å². The molecule has 4 nitrogen and oxygen atoms in total. The van der Waals surface area contributed by atoms with Gasteiger partial charge in [0.1, 0.15) is 0 Å². The van der Waals surface area contributed by atoms with Crippen LogP contribution in [0.3, 0.4) is 0 Å². The lowest BCUT2D eigenvalue weighted by molar-refractivity contribution is -0.204. The minimum atomic E-state index is -5.57. The fraction of sp³-hybridized carbons (Fsp3) is 1.00. The van der Waals surface area contributed by atoms with Crippen LogP contribution in [0.5, 0.6) is 0 Å². The van der Waals surface area contributed by atoms with Gasteiger partial charge in [-0.15, -0.1) is 4.13 Å². The van der Waals surface area contributed by atoms with Gasteiger partial charge in [-0.1, -0.05) is 0 Å². The fourth-order valence-electron chi connectivity index (χ4n) is 0.775. The maximum Gasteiger partial charge on any atom is 0.401 e. The lowest BCUT2D eigenvalue weighted by atomic mass is 10.2. The van der Waals surface area contributed by atoms with Gasteiger partial charge in [0.25, 0.3) is 15.0 Å². The summed E-state index contributed by atoms with van der Waals surface area (Å²) in [7, 11) is -9.33. The second-order valence-corrected chi connectivity index (χ2v) is 6.35. The molecule has 1 rings (SSSR count). The number of nitrogens with one attached hydrogen (secondary N) is 1. The minimum absolute atomic E-state index is 0.223. The predicted molar refractivity (Wildman–Crippen MR) is 39.6 cm³/mol. The van der Waals surface area contributed by atoms with Crippen LogP contribution in [-0.4, -0.2) is 28.8 Å². The lowest BCUT2D eigenvalue weighted by Gasteiger charge is -2.38. The highest BCUT2D eigenvalue weighted by molar-refractivity contribution is 8.03. The number of sulfonamides is 1. The third-order valence-electron chi connectivity index (χ3n) is 1.85. The minimum Gasteiger partial charge on any atom is -0.235 e. The van der Waals surface area contributed by atoms with Gasteiger partial charge in [0.05, 0.1) is 0 Å². The molecule has 0 aliphatic carbocycles. The average molecular weight is 273 g/mol. The summed E-state index contributed by atoms with van der Waals surface area (Å²) >= 11 is 0. The molecular weight excluding hydrogens is 269 g/mol. The Morgan fingerprint density at radius 1 is 1.13 bits per heavy atom. The molecule has 15 heavy (non-hydrogen) atoms. The van der Waals surface area contributed by atoms with E-state index in [0.717, 1.165) is 0 Å². The zero-order valence-corrected chi connectivity index (χ0v) is 8.56. The molecule has 1 heterocycles. The first-order chi connectivity index (χ1) is 6.38. The average Bonchev–Trinajstić information content (AvgIpc) is 2.00. The Morgan fingerprint density at radius 3 is 1.93 bits per heavy atom. The van der Waals surface area contributed by atoms with Crippen molar-refractivity contribution in [3.05, 3.63) is 0 Å². The molecule has 0 amide bonds. The van der Waals surface area contributed by atoms with Crippen molar-refractivity contribution >= 4 is 21.0 Å². The second-order valence-electron chi connectivity index (χ2n) is 2.86. The van der Waals surface area contributed by atoms with Gasteiger partial charge in [0, 0.05) is 0 Å². The van der Waals surface area contributed by atoms with E-state index in [1.165, 1.54) is 0 Å². The first kappa shape index (κ1) is 12.8. The molecule has 1 aliphatic heterocycles. The molecule has 90 valence electrons. The SMILES string of the molecule is CC1(F)C(F)(F)C(F)(F)S(=O)NS1(=O)=O. The monoisotopic (exact) mass is 273 g/mol. The van der Waals surface area contributed by atoms with Crippen LogP contribution in [0.1, 0.15) is 6.92 Å². The zero-order valence-electron chi connectivity index (χ0n) is 6.93. The number of rotatable bonds is 0. The van der Waals surface area contributed by atoms with E-state index in [1.54, 1.807) is 0 Å². The lowest BCUT2D eigenvalue weighted by Crippen LogP contribution is -2.69. The first-order valence-electron chi connectivity index (χ1n) is 3.26. The summed E-state index contributed by atoms with van der Waals surface area (Å²) in [5.74, 6) is -5.57. The highest BCUT2D eigenvalue weighted by Crippen LogP contribution is 2.51.